The van der Waals surface area contributed by atoms with Gasteiger partial charge < -0.3 is 5.73 Å². The molecule has 1 fully saturated rings. The first-order chi connectivity index (χ1) is 6.86. The largest absolute Gasteiger partial charge is 0.396 e. The highest BCUT2D eigenvalue weighted by Crippen LogP contribution is 2.29. The summed E-state index contributed by atoms with van der Waals surface area (Å²) in [6.45, 7) is 0. The summed E-state index contributed by atoms with van der Waals surface area (Å²) in [6.07, 6.45) is 11.3. The maximum absolute atomic E-state index is 5.56. The molecule has 0 atom stereocenters. The fourth-order valence-electron chi connectivity index (χ4n) is 2.10. The van der Waals surface area contributed by atoms with E-state index in [-0.39, 0.29) is 0 Å². The molecule has 0 radical (unpaired) electrons. The summed E-state index contributed by atoms with van der Waals surface area (Å²) in [6, 6.07) is 0. The molecule has 1 aliphatic carbocycles. The molecule has 2 N–H and O–H groups in total. The van der Waals surface area contributed by atoms with Crippen molar-refractivity contribution in [2.45, 2.75) is 44.4 Å². The van der Waals surface area contributed by atoms with Gasteiger partial charge in [0.1, 0.15) is 5.82 Å². The summed E-state index contributed by atoms with van der Waals surface area (Å²) in [7, 11) is 0. The van der Waals surface area contributed by atoms with Gasteiger partial charge in [0.05, 0.1) is 18.1 Å². The highest BCUT2D eigenvalue weighted by atomic mass is 14.9. The molecule has 0 spiro atoms. The lowest BCUT2D eigenvalue weighted by Crippen LogP contribution is -2.04. The van der Waals surface area contributed by atoms with Crippen molar-refractivity contribution in [1.29, 1.82) is 0 Å². The molecule has 1 aromatic rings. The van der Waals surface area contributed by atoms with Gasteiger partial charge in [-0.15, -0.1) is 0 Å². The highest BCUT2D eigenvalue weighted by molar-refractivity contribution is 5.30. The quantitative estimate of drug-likeness (QED) is 0.694. The van der Waals surface area contributed by atoms with Crippen LogP contribution in [0.1, 0.15) is 50.3 Å². The molecule has 1 aromatic heterocycles. The Morgan fingerprint density at radius 3 is 2.14 bits per heavy atom. The molecule has 1 heterocycles. The Labute approximate surface area is 84.8 Å². The number of nitrogens with two attached hydrogens (primary N) is 1. The molecule has 0 bridgehead atoms. The van der Waals surface area contributed by atoms with Crippen LogP contribution in [0.4, 0.5) is 5.69 Å². The second-order valence-electron chi connectivity index (χ2n) is 4.06. The third kappa shape index (κ3) is 2.22. The van der Waals surface area contributed by atoms with Crippen LogP contribution in [0.15, 0.2) is 12.4 Å². The summed E-state index contributed by atoms with van der Waals surface area (Å²) in [4.78, 5) is 8.62. The van der Waals surface area contributed by atoms with E-state index in [1.165, 1.54) is 38.5 Å². The SMILES string of the molecule is Nc1cnc(C2CCCCCC2)nc1. The Morgan fingerprint density at radius 1 is 1.00 bits per heavy atom. The molecule has 3 heteroatoms. The van der Waals surface area contributed by atoms with Crippen LogP contribution >= 0.6 is 0 Å². The Kier molecular flexibility index (Phi) is 2.96. The van der Waals surface area contributed by atoms with Crippen LogP contribution in [0.2, 0.25) is 0 Å². The van der Waals surface area contributed by atoms with Crippen molar-refractivity contribution in [3.05, 3.63) is 18.2 Å². The molecule has 0 saturated heterocycles. The van der Waals surface area contributed by atoms with Crippen molar-refractivity contribution < 1.29 is 0 Å². The van der Waals surface area contributed by atoms with E-state index in [9.17, 15) is 0 Å². The Morgan fingerprint density at radius 2 is 1.57 bits per heavy atom. The molecule has 2 rings (SSSR count). The van der Waals surface area contributed by atoms with Crippen molar-refractivity contribution in [2.24, 2.45) is 0 Å². The molecule has 3 nitrogen and oxygen atoms in total. The molecule has 0 unspecified atom stereocenters. The first-order valence-corrected chi connectivity index (χ1v) is 5.43. The van der Waals surface area contributed by atoms with E-state index in [1.54, 1.807) is 12.4 Å². The third-order valence-electron chi connectivity index (χ3n) is 2.91. The third-order valence-corrected chi connectivity index (χ3v) is 2.91. The van der Waals surface area contributed by atoms with Crippen molar-refractivity contribution >= 4 is 5.69 Å². The molecule has 0 aliphatic heterocycles. The zero-order valence-electron chi connectivity index (χ0n) is 8.45. The van der Waals surface area contributed by atoms with E-state index in [0.29, 0.717) is 11.6 Å². The Balaban J connectivity index is 2.08. The summed E-state index contributed by atoms with van der Waals surface area (Å²) in [5.41, 5.74) is 6.22. The lowest BCUT2D eigenvalue weighted by molar-refractivity contribution is 0.560. The smallest absolute Gasteiger partial charge is 0.131 e. The standard InChI is InChI=1S/C11H17N3/c12-10-7-13-11(14-8-10)9-5-3-1-2-4-6-9/h7-9H,1-6,12H2. The molecular formula is C11H17N3. The first kappa shape index (κ1) is 9.44. The van der Waals surface area contributed by atoms with Crippen LogP contribution in [0.25, 0.3) is 0 Å². The van der Waals surface area contributed by atoms with Gasteiger partial charge in [0.25, 0.3) is 0 Å². The number of anilines is 1. The Bertz CT molecular complexity index is 273. The number of hydrogen-bond acceptors (Lipinski definition) is 3. The molecule has 0 aromatic carbocycles. The van der Waals surface area contributed by atoms with Gasteiger partial charge in [-0.25, -0.2) is 9.97 Å². The molecule has 14 heavy (non-hydrogen) atoms. The summed E-state index contributed by atoms with van der Waals surface area (Å²) < 4.78 is 0. The van der Waals surface area contributed by atoms with Crippen molar-refractivity contribution in [1.82, 2.24) is 9.97 Å². The van der Waals surface area contributed by atoms with E-state index in [4.69, 9.17) is 5.73 Å². The minimum atomic E-state index is 0.568. The van der Waals surface area contributed by atoms with Crippen molar-refractivity contribution in [3.63, 3.8) is 0 Å². The van der Waals surface area contributed by atoms with E-state index < -0.39 is 0 Å². The average Bonchev–Trinajstić information content (AvgIpc) is 2.47. The lowest BCUT2D eigenvalue weighted by atomic mass is 10.00. The van der Waals surface area contributed by atoms with Gasteiger partial charge in [-0.05, 0) is 12.8 Å². The van der Waals surface area contributed by atoms with Gasteiger partial charge in [0.15, 0.2) is 0 Å². The maximum Gasteiger partial charge on any atom is 0.131 e. The normalized spacial score (nSPS) is 19.1. The minimum Gasteiger partial charge on any atom is -0.396 e. The summed E-state index contributed by atoms with van der Waals surface area (Å²) in [5, 5.41) is 0. The average molecular weight is 191 g/mol. The van der Waals surface area contributed by atoms with Crippen LogP contribution in [-0.2, 0) is 0 Å². The van der Waals surface area contributed by atoms with E-state index >= 15 is 0 Å². The van der Waals surface area contributed by atoms with E-state index in [2.05, 4.69) is 9.97 Å². The predicted molar refractivity (Wildman–Crippen MR) is 56.9 cm³/mol. The van der Waals surface area contributed by atoms with Crippen LogP contribution < -0.4 is 5.73 Å². The topological polar surface area (TPSA) is 51.8 Å². The maximum atomic E-state index is 5.56. The van der Waals surface area contributed by atoms with E-state index in [0.717, 1.165) is 5.82 Å². The monoisotopic (exact) mass is 191 g/mol. The molecule has 1 aliphatic rings. The molecule has 76 valence electrons. The number of nitrogen functional groups attached to an aromatic ring is 1. The Hall–Kier alpha value is -1.12. The van der Waals surface area contributed by atoms with Gasteiger partial charge >= 0.3 is 0 Å². The zero-order valence-corrected chi connectivity index (χ0v) is 8.45. The number of aromatic nitrogens is 2. The number of hydrogen-bond donors (Lipinski definition) is 1. The zero-order chi connectivity index (χ0) is 9.80. The number of rotatable bonds is 1. The first-order valence-electron chi connectivity index (χ1n) is 5.43. The van der Waals surface area contributed by atoms with Crippen LogP contribution in [0.3, 0.4) is 0 Å². The van der Waals surface area contributed by atoms with Gasteiger partial charge in [-0.1, -0.05) is 25.7 Å². The van der Waals surface area contributed by atoms with E-state index in [1.807, 2.05) is 0 Å². The molecular weight excluding hydrogens is 174 g/mol. The van der Waals surface area contributed by atoms with Gasteiger partial charge in [0, 0.05) is 5.92 Å². The lowest BCUT2D eigenvalue weighted by Gasteiger charge is -2.11. The number of nitrogens with zero attached hydrogens (tertiary/aromatic N) is 2. The van der Waals surface area contributed by atoms with Crippen molar-refractivity contribution in [3.8, 4) is 0 Å². The minimum absolute atomic E-state index is 0.568. The fraction of sp³-hybridized carbons (Fsp3) is 0.636. The highest BCUT2D eigenvalue weighted by Gasteiger charge is 2.16. The summed E-state index contributed by atoms with van der Waals surface area (Å²) in [5.74, 6) is 1.55. The van der Waals surface area contributed by atoms with Gasteiger partial charge in [0.2, 0.25) is 0 Å². The van der Waals surface area contributed by atoms with Crippen molar-refractivity contribution in [2.75, 3.05) is 5.73 Å². The molecule has 1 saturated carbocycles. The summed E-state index contributed by atoms with van der Waals surface area (Å²) >= 11 is 0. The van der Waals surface area contributed by atoms with Gasteiger partial charge in [-0.2, -0.15) is 0 Å². The second-order valence-corrected chi connectivity index (χ2v) is 4.06. The van der Waals surface area contributed by atoms with Crippen LogP contribution in [0.5, 0.6) is 0 Å². The van der Waals surface area contributed by atoms with Crippen LogP contribution in [0, 0.1) is 0 Å². The molecule has 0 amide bonds. The van der Waals surface area contributed by atoms with Gasteiger partial charge in [-0.3, -0.25) is 0 Å². The fourth-order valence-corrected chi connectivity index (χ4v) is 2.10. The second kappa shape index (κ2) is 4.40. The predicted octanol–water partition coefficient (Wildman–Crippen LogP) is 2.50. The van der Waals surface area contributed by atoms with Crippen LogP contribution in [-0.4, -0.2) is 9.97 Å².